The van der Waals surface area contributed by atoms with Gasteiger partial charge in [-0.05, 0) is 36.2 Å². The summed E-state index contributed by atoms with van der Waals surface area (Å²) in [5.41, 5.74) is 2.38. The Morgan fingerprint density at radius 3 is 2.63 bits per heavy atom. The second kappa shape index (κ2) is 6.04. The molecule has 0 bridgehead atoms. The van der Waals surface area contributed by atoms with E-state index in [0.717, 1.165) is 11.1 Å². The molecular weight excluding hydrogens is 267 g/mol. The zero-order valence-corrected chi connectivity index (χ0v) is 11.2. The van der Waals surface area contributed by atoms with Crippen molar-refractivity contribution in [3.05, 3.63) is 63.9 Å². The van der Waals surface area contributed by atoms with Crippen LogP contribution in [0.5, 0.6) is 5.75 Å². The van der Waals surface area contributed by atoms with Crippen molar-refractivity contribution in [3.8, 4) is 5.75 Å². The number of aliphatic hydroxyl groups excluding tert-OH is 1. The van der Waals surface area contributed by atoms with Gasteiger partial charge >= 0.3 is 0 Å². The van der Waals surface area contributed by atoms with Crippen LogP contribution < -0.4 is 4.74 Å². The van der Waals surface area contributed by atoms with Gasteiger partial charge in [0.1, 0.15) is 6.61 Å². The quantitative estimate of drug-likeness (QED) is 0.921. The maximum atomic E-state index is 13.6. The maximum absolute atomic E-state index is 13.6. The average molecular weight is 281 g/mol. The third-order valence-electron chi connectivity index (χ3n) is 2.77. The van der Waals surface area contributed by atoms with Gasteiger partial charge in [0.2, 0.25) is 0 Å². The molecular formula is C15H14ClFO2. The maximum Gasteiger partial charge on any atom is 0.165 e. The number of aryl methyl sites for hydroxylation is 1. The highest BCUT2D eigenvalue weighted by Gasteiger charge is 2.06. The molecule has 0 heterocycles. The van der Waals surface area contributed by atoms with Crippen LogP contribution in [-0.4, -0.2) is 5.11 Å². The van der Waals surface area contributed by atoms with Crippen molar-refractivity contribution in [1.29, 1.82) is 0 Å². The van der Waals surface area contributed by atoms with Gasteiger partial charge in [0.05, 0.1) is 6.61 Å². The van der Waals surface area contributed by atoms with E-state index in [1.165, 1.54) is 12.1 Å². The number of halogens is 2. The van der Waals surface area contributed by atoms with Gasteiger partial charge in [-0.15, -0.1) is 0 Å². The lowest BCUT2D eigenvalue weighted by molar-refractivity contribution is 0.276. The van der Waals surface area contributed by atoms with Crippen LogP contribution >= 0.6 is 11.6 Å². The molecule has 2 nitrogen and oxygen atoms in total. The smallest absolute Gasteiger partial charge is 0.165 e. The highest BCUT2D eigenvalue weighted by Crippen LogP contribution is 2.22. The highest BCUT2D eigenvalue weighted by molar-refractivity contribution is 6.31. The van der Waals surface area contributed by atoms with Crippen LogP contribution in [0.25, 0.3) is 0 Å². The second-order valence-corrected chi connectivity index (χ2v) is 4.71. The molecule has 0 radical (unpaired) electrons. The van der Waals surface area contributed by atoms with Crippen molar-refractivity contribution in [3.63, 3.8) is 0 Å². The van der Waals surface area contributed by atoms with Gasteiger partial charge in [0, 0.05) is 10.6 Å². The fourth-order valence-corrected chi connectivity index (χ4v) is 1.97. The normalized spacial score (nSPS) is 10.5. The zero-order chi connectivity index (χ0) is 13.8. The summed E-state index contributed by atoms with van der Waals surface area (Å²) in [5.74, 6) is -0.344. The molecule has 2 aromatic carbocycles. The molecule has 2 aromatic rings. The number of hydrogen-bond donors (Lipinski definition) is 1. The Bertz CT molecular complexity index is 584. The van der Waals surface area contributed by atoms with Gasteiger partial charge in [0.15, 0.2) is 11.6 Å². The Kier molecular flexibility index (Phi) is 4.40. The molecule has 4 heteroatoms. The van der Waals surface area contributed by atoms with Gasteiger partial charge in [0.25, 0.3) is 0 Å². The summed E-state index contributed by atoms with van der Waals surface area (Å²) in [6.07, 6.45) is 0. The van der Waals surface area contributed by atoms with Gasteiger partial charge in [-0.25, -0.2) is 4.39 Å². The van der Waals surface area contributed by atoms with E-state index in [-0.39, 0.29) is 19.0 Å². The van der Waals surface area contributed by atoms with Crippen LogP contribution in [0.4, 0.5) is 4.39 Å². The average Bonchev–Trinajstić information content (AvgIpc) is 2.39. The molecule has 0 aliphatic rings. The third-order valence-corrected chi connectivity index (χ3v) is 3.12. The Labute approximate surface area is 116 Å². The molecule has 0 fully saturated rings. The van der Waals surface area contributed by atoms with Crippen molar-refractivity contribution in [1.82, 2.24) is 0 Å². The largest absolute Gasteiger partial charge is 0.486 e. The van der Waals surface area contributed by atoms with E-state index in [9.17, 15) is 4.39 Å². The van der Waals surface area contributed by atoms with Crippen LogP contribution in [0.15, 0.2) is 36.4 Å². The van der Waals surface area contributed by atoms with Gasteiger partial charge in [-0.1, -0.05) is 29.8 Å². The Morgan fingerprint density at radius 1 is 1.21 bits per heavy atom. The number of aliphatic hydroxyl groups is 1. The van der Waals surface area contributed by atoms with Crippen LogP contribution in [-0.2, 0) is 13.2 Å². The Hall–Kier alpha value is -1.58. The topological polar surface area (TPSA) is 29.5 Å². The van der Waals surface area contributed by atoms with Crippen LogP contribution in [0.3, 0.4) is 0 Å². The minimum atomic E-state index is -0.491. The van der Waals surface area contributed by atoms with Crippen molar-refractivity contribution in [2.75, 3.05) is 0 Å². The molecule has 0 atom stereocenters. The van der Waals surface area contributed by atoms with E-state index >= 15 is 0 Å². The Morgan fingerprint density at radius 2 is 2.00 bits per heavy atom. The predicted octanol–water partition coefficient (Wildman–Crippen LogP) is 3.86. The monoisotopic (exact) mass is 280 g/mol. The lowest BCUT2D eigenvalue weighted by atomic mass is 10.1. The van der Waals surface area contributed by atoms with Gasteiger partial charge < -0.3 is 9.84 Å². The van der Waals surface area contributed by atoms with E-state index in [4.69, 9.17) is 21.4 Å². The summed E-state index contributed by atoms with van der Waals surface area (Å²) >= 11 is 6.08. The van der Waals surface area contributed by atoms with Gasteiger partial charge in [-0.3, -0.25) is 0 Å². The summed E-state index contributed by atoms with van der Waals surface area (Å²) < 4.78 is 19.0. The number of rotatable bonds is 4. The standard InChI is InChI=1S/C15H14ClFO2/c1-10-2-4-12(13(16)6-10)9-19-15-5-3-11(8-18)7-14(15)17/h2-7,18H,8-9H2,1H3. The molecule has 1 N–H and O–H groups in total. The number of ether oxygens (including phenoxy) is 1. The molecule has 2 rings (SSSR count). The first kappa shape index (κ1) is 13.8. The molecule has 0 aliphatic heterocycles. The van der Waals surface area contributed by atoms with Crippen molar-refractivity contribution < 1.29 is 14.2 Å². The first-order chi connectivity index (χ1) is 9.10. The molecule has 0 unspecified atom stereocenters. The van der Waals surface area contributed by atoms with Crippen molar-refractivity contribution >= 4 is 11.6 Å². The summed E-state index contributed by atoms with van der Waals surface area (Å²) in [6.45, 7) is 1.96. The molecule has 0 saturated heterocycles. The summed E-state index contributed by atoms with van der Waals surface area (Å²) in [5, 5.41) is 9.50. The van der Waals surface area contributed by atoms with E-state index < -0.39 is 5.82 Å². The second-order valence-electron chi connectivity index (χ2n) is 4.31. The number of benzene rings is 2. The van der Waals surface area contributed by atoms with Crippen LogP contribution in [0.2, 0.25) is 5.02 Å². The molecule has 0 amide bonds. The molecule has 100 valence electrons. The van der Waals surface area contributed by atoms with E-state index in [0.29, 0.717) is 10.6 Å². The SMILES string of the molecule is Cc1ccc(COc2ccc(CO)cc2F)c(Cl)c1. The van der Waals surface area contributed by atoms with Gasteiger partial charge in [-0.2, -0.15) is 0 Å². The first-order valence-corrected chi connectivity index (χ1v) is 6.25. The zero-order valence-electron chi connectivity index (χ0n) is 10.5. The van der Waals surface area contributed by atoms with Crippen molar-refractivity contribution in [2.45, 2.75) is 20.1 Å². The van der Waals surface area contributed by atoms with Crippen molar-refractivity contribution in [2.24, 2.45) is 0 Å². The highest BCUT2D eigenvalue weighted by atomic mass is 35.5. The number of hydrogen-bond acceptors (Lipinski definition) is 2. The minimum absolute atomic E-state index is 0.147. The summed E-state index contributed by atoms with van der Waals surface area (Å²) in [7, 11) is 0. The van der Waals surface area contributed by atoms with E-state index in [1.54, 1.807) is 6.07 Å². The summed E-state index contributed by atoms with van der Waals surface area (Å²) in [6, 6.07) is 10.0. The lowest BCUT2D eigenvalue weighted by Crippen LogP contribution is -1.99. The van der Waals surface area contributed by atoms with E-state index in [2.05, 4.69) is 0 Å². The predicted molar refractivity (Wildman–Crippen MR) is 72.8 cm³/mol. The molecule has 0 aliphatic carbocycles. The summed E-state index contributed by atoms with van der Waals surface area (Å²) in [4.78, 5) is 0. The molecule has 19 heavy (non-hydrogen) atoms. The Balaban J connectivity index is 2.10. The molecule has 0 saturated carbocycles. The molecule has 0 aromatic heterocycles. The lowest BCUT2D eigenvalue weighted by Gasteiger charge is -2.10. The molecule has 0 spiro atoms. The minimum Gasteiger partial charge on any atom is -0.486 e. The van der Waals surface area contributed by atoms with Crippen LogP contribution in [0, 0.1) is 12.7 Å². The third kappa shape index (κ3) is 3.46. The first-order valence-electron chi connectivity index (χ1n) is 5.87. The van der Waals surface area contributed by atoms with E-state index in [1.807, 2.05) is 25.1 Å². The van der Waals surface area contributed by atoms with Crippen LogP contribution in [0.1, 0.15) is 16.7 Å². The fraction of sp³-hybridized carbons (Fsp3) is 0.200. The fourth-order valence-electron chi connectivity index (χ4n) is 1.68.